The highest BCUT2D eigenvalue weighted by Gasteiger charge is 2.20. The van der Waals surface area contributed by atoms with Crippen molar-refractivity contribution in [3.05, 3.63) is 65.4 Å². The highest BCUT2D eigenvalue weighted by Crippen LogP contribution is 2.31. The average molecular weight is 394 g/mol. The minimum atomic E-state index is -0.544. The molecule has 1 aromatic carbocycles. The molecular formula is C20H16F2N6O. The van der Waals surface area contributed by atoms with Crippen LogP contribution in [-0.4, -0.2) is 31.2 Å². The van der Waals surface area contributed by atoms with Crippen molar-refractivity contribution in [2.24, 2.45) is 0 Å². The number of hydrogen-bond donors (Lipinski definition) is 1. The topological polar surface area (TPSA) is 77.2 Å². The zero-order chi connectivity index (χ0) is 20.0. The molecule has 4 heterocycles. The first kappa shape index (κ1) is 17.5. The van der Waals surface area contributed by atoms with Gasteiger partial charge in [-0.25, -0.2) is 14.4 Å². The van der Waals surface area contributed by atoms with E-state index in [2.05, 4.69) is 25.5 Å². The maximum atomic E-state index is 14.4. The Morgan fingerprint density at radius 2 is 2.07 bits per heavy atom. The highest BCUT2D eigenvalue weighted by atomic mass is 19.1. The lowest BCUT2D eigenvalue weighted by atomic mass is 10.0. The van der Waals surface area contributed by atoms with E-state index in [1.807, 2.05) is 0 Å². The number of pyridine rings is 1. The van der Waals surface area contributed by atoms with Crippen LogP contribution in [0.4, 0.5) is 14.7 Å². The molecular weight excluding hydrogens is 378 g/mol. The van der Waals surface area contributed by atoms with Crippen molar-refractivity contribution in [2.45, 2.75) is 19.9 Å². The summed E-state index contributed by atoms with van der Waals surface area (Å²) in [4.78, 5) is 8.10. The van der Waals surface area contributed by atoms with Gasteiger partial charge < -0.3 is 10.1 Å². The largest absolute Gasteiger partial charge is 0.493 e. The van der Waals surface area contributed by atoms with Gasteiger partial charge in [0.25, 0.3) is 0 Å². The molecule has 0 radical (unpaired) electrons. The van der Waals surface area contributed by atoms with E-state index < -0.39 is 5.95 Å². The fourth-order valence-electron chi connectivity index (χ4n) is 3.62. The van der Waals surface area contributed by atoms with Gasteiger partial charge in [0.15, 0.2) is 5.65 Å². The molecule has 0 aliphatic carbocycles. The van der Waals surface area contributed by atoms with Crippen LogP contribution in [0.5, 0.6) is 5.75 Å². The first-order valence-electron chi connectivity index (χ1n) is 9.10. The summed E-state index contributed by atoms with van der Waals surface area (Å²) in [7, 11) is 0. The van der Waals surface area contributed by atoms with Gasteiger partial charge in [0.1, 0.15) is 17.9 Å². The van der Waals surface area contributed by atoms with E-state index in [9.17, 15) is 8.78 Å². The maximum Gasteiger partial charge on any atom is 0.216 e. The standard InChI is InChI=1S/C20H16F2N6O/c1-11-12(4-6-23-18(11)22)15-9-25-20(28-10-26-27-19(15)28)24-8-14-13-5-7-29-17(13)3-2-16(14)21/h2-4,6,9-10H,5,7-8H2,1H3,(H,24,25). The molecule has 5 rings (SSSR count). The molecule has 0 unspecified atom stereocenters. The molecule has 1 aliphatic rings. The number of rotatable bonds is 4. The van der Waals surface area contributed by atoms with Crippen molar-refractivity contribution in [3.8, 4) is 16.9 Å². The quantitative estimate of drug-likeness (QED) is 0.535. The summed E-state index contributed by atoms with van der Waals surface area (Å²) in [5, 5.41) is 11.3. The average Bonchev–Trinajstić information content (AvgIpc) is 3.39. The van der Waals surface area contributed by atoms with Crippen LogP contribution in [0.2, 0.25) is 0 Å². The van der Waals surface area contributed by atoms with Gasteiger partial charge in [-0.1, -0.05) is 0 Å². The molecule has 146 valence electrons. The minimum absolute atomic E-state index is 0.237. The fraction of sp³-hybridized carbons (Fsp3) is 0.200. The molecule has 7 nitrogen and oxygen atoms in total. The SMILES string of the molecule is Cc1c(-c2cnc(NCc3c(F)ccc4c3CCO4)n3cnnc23)ccnc1F. The summed E-state index contributed by atoms with van der Waals surface area (Å²) in [5.74, 6) is 0.340. The van der Waals surface area contributed by atoms with Crippen LogP contribution in [0.25, 0.3) is 16.8 Å². The molecule has 9 heteroatoms. The van der Waals surface area contributed by atoms with Crippen LogP contribution in [-0.2, 0) is 13.0 Å². The molecule has 0 fully saturated rings. The number of hydrogen-bond acceptors (Lipinski definition) is 6. The molecule has 4 aromatic rings. The van der Waals surface area contributed by atoms with Gasteiger partial charge in [-0.05, 0) is 30.7 Å². The van der Waals surface area contributed by atoms with E-state index in [1.165, 1.54) is 18.6 Å². The third kappa shape index (κ3) is 2.86. The summed E-state index contributed by atoms with van der Waals surface area (Å²) >= 11 is 0. The Bertz CT molecular complexity index is 1240. The van der Waals surface area contributed by atoms with Gasteiger partial charge in [-0.3, -0.25) is 4.40 Å². The van der Waals surface area contributed by atoms with E-state index in [4.69, 9.17) is 4.74 Å². The number of nitrogens with zero attached hydrogens (tertiary/aromatic N) is 5. The third-order valence-corrected chi connectivity index (χ3v) is 5.13. The van der Waals surface area contributed by atoms with E-state index >= 15 is 0 Å². The van der Waals surface area contributed by atoms with Gasteiger partial charge in [0.05, 0.1) is 6.61 Å². The minimum Gasteiger partial charge on any atom is -0.493 e. The fourth-order valence-corrected chi connectivity index (χ4v) is 3.62. The molecule has 0 bridgehead atoms. The summed E-state index contributed by atoms with van der Waals surface area (Å²) in [5.41, 5.74) is 3.61. The molecule has 1 N–H and O–H groups in total. The van der Waals surface area contributed by atoms with Crippen LogP contribution < -0.4 is 10.1 Å². The van der Waals surface area contributed by atoms with Gasteiger partial charge in [0, 0.05) is 47.6 Å². The van der Waals surface area contributed by atoms with Crippen LogP contribution in [0, 0.1) is 18.7 Å². The van der Waals surface area contributed by atoms with Crippen LogP contribution in [0.1, 0.15) is 16.7 Å². The molecule has 0 amide bonds. The normalized spacial score (nSPS) is 12.8. The second kappa shape index (κ2) is 6.77. The molecule has 29 heavy (non-hydrogen) atoms. The molecule has 0 spiro atoms. The van der Waals surface area contributed by atoms with E-state index in [0.717, 1.165) is 11.3 Å². The highest BCUT2D eigenvalue weighted by molar-refractivity contribution is 5.79. The molecule has 0 saturated heterocycles. The number of benzene rings is 1. The zero-order valence-corrected chi connectivity index (χ0v) is 15.5. The van der Waals surface area contributed by atoms with Crippen LogP contribution in [0.15, 0.2) is 36.9 Å². The van der Waals surface area contributed by atoms with Crippen molar-refractivity contribution in [2.75, 3.05) is 11.9 Å². The lowest BCUT2D eigenvalue weighted by Gasteiger charge is -2.13. The predicted molar refractivity (Wildman–Crippen MR) is 102 cm³/mol. The Morgan fingerprint density at radius 1 is 1.17 bits per heavy atom. The predicted octanol–water partition coefficient (Wildman–Crippen LogP) is 3.32. The van der Waals surface area contributed by atoms with Crippen molar-refractivity contribution in [3.63, 3.8) is 0 Å². The first-order chi connectivity index (χ1) is 14.1. The van der Waals surface area contributed by atoms with Crippen molar-refractivity contribution >= 4 is 11.6 Å². The number of halogens is 2. The number of nitrogens with one attached hydrogen (secondary N) is 1. The molecule has 0 saturated carbocycles. The Labute approximate surface area is 164 Å². The smallest absolute Gasteiger partial charge is 0.216 e. The Kier molecular flexibility index (Phi) is 4.08. The number of aromatic nitrogens is 5. The molecule has 1 aliphatic heterocycles. The summed E-state index contributed by atoms with van der Waals surface area (Å²) in [6.07, 6.45) is 5.18. The Morgan fingerprint density at radius 3 is 2.97 bits per heavy atom. The second-order valence-corrected chi connectivity index (χ2v) is 6.75. The Hall–Kier alpha value is -3.62. The van der Waals surface area contributed by atoms with Crippen LogP contribution in [0.3, 0.4) is 0 Å². The lowest BCUT2D eigenvalue weighted by Crippen LogP contribution is -2.10. The van der Waals surface area contributed by atoms with Gasteiger partial charge >= 0.3 is 0 Å². The van der Waals surface area contributed by atoms with Gasteiger partial charge in [-0.2, -0.15) is 4.39 Å². The zero-order valence-electron chi connectivity index (χ0n) is 15.5. The lowest BCUT2D eigenvalue weighted by molar-refractivity contribution is 0.356. The number of anilines is 1. The van der Waals surface area contributed by atoms with Crippen LogP contribution >= 0.6 is 0 Å². The summed E-state index contributed by atoms with van der Waals surface area (Å²) in [6, 6.07) is 4.77. The number of ether oxygens (including phenoxy) is 1. The van der Waals surface area contributed by atoms with E-state index in [1.54, 1.807) is 29.7 Å². The number of fused-ring (bicyclic) bond motifs is 2. The first-order valence-corrected chi connectivity index (χ1v) is 9.10. The van der Waals surface area contributed by atoms with E-state index in [-0.39, 0.29) is 12.4 Å². The molecule has 3 aromatic heterocycles. The van der Waals surface area contributed by atoms with Gasteiger partial charge in [-0.15, -0.1) is 10.2 Å². The maximum absolute atomic E-state index is 14.4. The third-order valence-electron chi connectivity index (χ3n) is 5.13. The molecule has 0 atom stereocenters. The summed E-state index contributed by atoms with van der Waals surface area (Å²) < 4.78 is 35.4. The second-order valence-electron chi connectivity index (χ2n) is 6.75. The van der Waals surface area contributed by atoms with Gasteiger partial charge in [0.2, 0.25) is 11.9 Å². The van der Waals surface area contributed by atoms with E-state index in [0.29, 0.717) is 46.9 Å². The van der Waals surface area contributed by atoms with Crippen molar-refractivity contribution in [1.29, 1.82) is 0 Å². The summed E-state index contributed by atoms with van der Waals surface area (Å²) in [6.45, 7) is 2.44. The van der Waals surface area contributed by atoms with Crippen molar-refractivity contribution in [1.82, 2.24) is 24.6 Å². The Balaban J connectivity index is 1.52. The van der Waals surface area contributed by atoms with Crippen molar-refractivity contribution < 1.29 is 13.5 Å². The monoisotopic (exact) mass is 394 g/mol.